The minimum absolute atomic E-state index is 0.0456. The molecular formula is C59H42N2. The molecule has 1 aliphatic rings. The fourth-order valence-corrected chi connectivity index (χ4v) is 10.2. The minimum Gasteiger partial charge on any atom is -0.311 e. The first-order valence-corrected chi connectivity index (χ1v) is 21.3. The molecule has 0 unspecified atom stereocenters. The van der Waals surface area contributed by atoms with Gasteiger partial charge in [-0.25, -0.2) is 0 Å². The molecule has 1 aromatic heterocycles. The van der Waals surface area contributed by atoms with Crippen LogP contribution in [0.15, 0.2) is 218 Å². The van der Waals surface area contributed by atoms with Gasteiger partial charge in [0.1, 0.15) is 0 Å². The summed E-state index contributed by atoms with van der Waals surface area (Å²) in [7, 11) is 0. The predicted molar refractivity (Wildman–Crippen MR) is 259 cm³/mol. The van der Waals surface area contributed by atoms with Gasteiger partial charge < -0.3 is 9.47 Å². The van der Waals surface area contributed by atoms with Crippen molar-refractivity contribution in [3.63, 3.8) is 0 Å². The van der Waals surface area contributed by atoms with Crippen LogP contribution in [0, 0.1) is 0 Å². The Balaban J connectivity index is 0.948. The summed E-state index contributed by atoms with van der Waals surface area (Å²) in [6, 6.07) is 80.3. The second-order valence-electron chi connectivity index (χ2n) is 16.9. The zero-order valence-electron chi connectivity index (χ0n) is 34.2. The molecule has 0 aliphatic heterocycles. The molecule has 0 amide bonds. The first kappa shape index (κ1) is 35.3. The molecule has 2 heteroatoms. The molecule has 0 fully saturated rings. The van der Waals surface area contributed by atoms with Crippen LogP contribution in [0.1, 0.15) is 25.0 Å². The van der Waals surface area contributed by atoms with Gasteiger partial charge in [-0.15, -0.1) is 0 Å². The highest BCUT2D eigenvalue weighted by Crippen LogP contribution is 2.50. The molecule has 0 radical (unpaired) electrons. The van der Waals surface area contributed by atoms with Gasteiger partial charge in [0.05, 0.1) is 11.0 Å². The monoisotopic (exact) mass is 778 g/mol. The lowest BCUT2D eigenvalue weighted by Crippen LogP contribution is -2.14. The molecule has 11 aromatic rings. The summed E-state index contributed by atoms with van der Waals surface area (Å²) in [5.41, 5.74) is 17.2. The number of anilines is 3. The zero-order chi connectivity index (χ0) is 40.7. The maximum absolute atomic E-state index is 2.41. The van der Waals surface area contributed by atoms with Crippen molar-refractivity contribution < 1.29 is 0 Å². The maximum atomic E-state index is 2.41. The summed E-state index contributed by atoms with van der Waals surface area (Å²) >= 11 is 0. The van der Waals surface area contributed by atoms with Crippen molar-refractivity contribution in [3.05, 3.63) is 230 Å². The van der Waals surface area contributed by atoms with E-state index in [0.29, 0.717) is 0 Å². The number of aromatic nitrogens is 1. The Morgan fingerprint density at radius 1 is 0.344 bits per heavy atom. The SMILES string of the molecule is CC1(C)c2ccccc2-c2ccc(-c3ccc(N(c4ccc(-c5cccc6c5ccc5ccccc56)cc4)c4ccc(-n5c6ccccc6c6ccccc65)cc4)cc3)cc21. The lowest BCUT2D eigenvalue weighted by Gasteiger charge is -2.26. The van der Waals surface area contributed by atoms with Gasteiger partial charge in [0, 0.05) is 38.9 Å². The Kier molecular flexibility index (Phi) is 7.92. The largest absolute Gasteiger partial charge is 0.311 e. The fourth-order valence-electron chi connectivity index (χ4n) is 10.2. The Bertz CT molecular complexity index is 3430. The van der Waals surface area contributed by atoms with Gasteiger partial charge in [-0.2, -0.15) is 0 Å². The van der Waals surface area contributed by atoms with E-state index in [1.165, 1.54) is 87.9 Å². The molecule has 12 rings (SSSR count). The third-order valence-electron chi connectivity index (χ3n) is 13.2. The summed E-state index contributed by atoms with van der Waals surface area (Å²) in [5.74, 6) is 0. The molecule has 61 heavy (non-hydrogen) atoms. The van der Waals surface area contributed by atoms with Crippen molar-refractivity contribution in [1.29, 1.82) is 0 Å². The lowest BCUT2D eigenvalue weighted by molar-refractivity contribution is 0.660. The van der Waals surface area contributed by atoms with Crippen molar-refractivity contribution >= 4 is 60.4 Å². The molecule has 2 nitrogen and oxygen atoms in total. The van der Waals surface area contributed by atoms with Gasteiger partial charge in [-0.05, 0) is 133 Å². The van der Waals surface area contributed by atoms with Crippen LogP contribution in [0.2, 0.25) is 0 Å². The number of nitrogens with zero attached hydrogens (tertiary/aromatic N) is 2. The van der Waals surface area contributed by atoms with E-state index >= 15 is 0 Å². The number of hydrogen-bond acceptors (Lipinski definition) is 1. The molecule has 0 atom stereocenters. The van der Waals surface area contributed by atoms with Crippen LogP contribution in [-0.4, -0.2) is 4.57 Å². The molecule has 0 N–H and O–H groups in total. The van der Waals surface area contributed by atoms with Crippen LogP contribution >= 0.6 is 0 Å². The standard InChI is InChI=1S/C59H42N2/c1-59(2)55-19-8-5-14-51(55)52-37-27-42(38-56(52)59)39-22-28-43(29-23-39)60(45-32-34-46(35-33-45)61-57-20-9-6-15-53(57)54-16-7-10-21-58(54)61)44-30-24-41(25-31-44)48-17-11-18-49-47-13-4-3-12-40(47)26-36-50(48)49/h3-38H,1-2H3. The van der Waals surface area contributed by atoms with Gasteiger partial charge in [0.2, 0.25) is 0 Å². The highest BCUT2D eigenvalue weighted by molar-refractivity contribution is 6.12. The number of fused-ring (bicyclic) bond motifs is 9. The topological polar surface area (TPSA) is 8.17 Å². The summed E-state index contributed by atoms with van der Waals surface area (Å²) in [4.78, 5) is 2.38. The molecule has 288 valence electrons. The highest BCUT2D eigenvalue weighted by Gasteiger charge is 2.35. The zero-order valence-corrected chi connectivity index (χ0v) is 34.2. The van der Waals surface area contributed by atoms with Crippen LogP contribution in [0.3, 0.4) is 0 Å². The van der Waals surface area contributed by atoms with Crippen molar-refractivity contribution in [2.45, 2.75) is 19.3 Å². The molecule has 0 saturated carbocycles. The van der Waals surface area contributed by atoms with Gasteiger partial charge in [0.25, 0.3) is 0 Å². The summed E-state index contributed by atoms with van der Waals surface area (Å²) in [6.45, 7) is 4.70. The number of rotatable bonds is 6. The average Bonchev–Trinajstić information content (AvgIpc) is 3.77. The molecule has 0 bridgehead atoms. The number of hydrogen-bond donors (Lipinski definition) is 0. The van der Waals surface area contributed by atoms with Crippen LogP contribution in [0.4, 0.5) is 17.1 Å². The lowest BCUT2D eigenvalue weighted by atomic mass is 9.81. The fraction of sp³-hybridized carbons (Fsp3) is 0.0508. The summed E-state index contributed by atoms with van der Waals surface area (Å²) < 4.78 is 2.38. The van der Waals surface area contributed by atoms with Crippen LogP contribution in [-0.2, 0) is 5.41 Å². The Hall–Kier alpha value is -7.68. The first-order chi connectivity index (χ1) is 30.0. The van der Waals surface area contributed by atoms with E-state index in [-0.39, 0.29) is 5.41 Å². The van der Waals surface area contributed by atoms with E-state index < -0.39 is 0 Å². The van der Waals surface area contributed by atoms with Gasteiger partial charge >= 0.3 is 0 Å². The second-order valence-corrected chi connectivity index (χ2v) is 16.9. The minimum atomic E-state index is -0.0456. The van der Waals surface area contributed by atoms with Gasteiger partial charge in [-0.3, -0.25) is 0 Å². The predicted octanol–water partition coefficient (Wildman–Crippen LogP) is 16.2. The van der Waals surface area contributed by atoms with Gasteiger partial charge in [0.15, 0.2) is 0 Å². The van der Waals surface area contributed by atoms with Crippen molar-refractivity contribution in [2.75, 3.05) is 4.90 Å². The van der Waals surface area contributed by atoms with E-state index in [9.17, 15) is 0 Å². The van der Waals surface area contributed by atoms with E-state index in [0.717, 1.165) is 22.7 Å². The van der Waals surface area contributed by atoms with Crippen LogP contribution in [0.5, 0.6) is 0 Å². The van der Waals surface area contributed by atoms with Crippen molar-refractivity contribution in [3.8, 4) is 39.1 Å². The third kappa shape index (κ3) is 5.56. The smallest absolute Gasteiger partial charge is 0.0541 e. The Labute approximate surface area is 356 Å². The van der Waals surface area contributed by atoms with Crippen molar-refractivity contribution in [2.24, 2.45) is 0 Å². The number of benzene rings is 10. The van der Waals surface area contributed by atoms with Crippen LogP contribution < -0.4 is 4.90 Å². The number of para-hydroxylation sites is 2. The highest BCUT2D eigenvalue weighted by atomic mass is 15.1. The first-order valence-electron chi connectivity index (χ1n) is 21.3. The summed E-state index contributed by atoms with van der Waals surface area (Å²) in [5, 5.41) is 7.62. The van der Waals surface area contributed by atoms with E-state index in [4.69, 9.17) is 0 Å². The van der Waals surface area contributed by atoms with E-state index in [1.807, 2.05) is 0 Å². The molecule has 1 aliphatic carbocycles. The molecule has 10 aromatic carbocycles. The Morgan fingerprint density at radius 3 is 1.57 bits per heavy atom. The van der Waals surface area contributed by atoms with Gasteiger partial charge in [-0.1, -0.05) is 166 Å². The molecule has 1 heterocycles. The molecular weight excluding hydrogens is 737 g/mol. The Morgan fingerprint density at radius 2 is 0.869 bits per heavy atom. The maximum Gasteiger partial charge on any atom is 0.0541 e. The van der Waals surface area contributed by atoms with E-state index in [2.05, 4.69) is 242 Å². The van der Waals surface area contributed by atoms with E-state index in [1.54, 1.807) is 0 Å². The quantitative estimate of drug-likeness (QED) is 0.153. The molecule has 0 saturated heterocycles. The van der Waals surface area contributed by atoms with Crippen molar-refractivity contribution in [1.82, 2.24) is 4.57 Å². The normalized spacial score (nSPS) is 12.9. The third-order valence-corrected chi connectivity index (χ3v) is 13.2. The summed E-state index contributed by atoms with van der Waals surface area (Å²) in [6.07, 6.45) is 0. The van der Waals surface area contributed by atoms with Crippen LogP contribution in [0.25, 0.3) is 82.4 Å². The average molecular weight is 779 g/mol. The molecule has 0 spiro atoms. The second kappa shape index (κ2) is 13.7.